The van der Waals surface area contributed by atoms with Gasteiger partial charge >= 0.3 is 0 Å². The van der Waals surface area contributed by atoms with Crippen LogP contribution in [-0.4, -0.2) is 26.1 Å². The fourth-order valence-electron chi connectivity index (χ4n) is 2.59. The van der Waals surface area contributed by atoms with Gasteiger partial charge in [0.05, 0.1) is 4.90 Å². The molecule has 1 fully saturated rings. The van der Waals surface area contributed by atoms with Crippen molar-refractivity contribution in [2.24, 2.45) is 0 Å². The van der Waals surface area contributed by atoms with Gasteiger partial charge in [0.2, 0.25) is 5.91 Å². The number of rotatable bonds is 4. The summed E-state index contributed by atoms with van der Waals surface area (Å²) in [6.07, 6.45) is 6.44. The number of carbonyl (C=O) groups excluding carboxylic acids is 1. The molecule has 0 aliphatic heterocycles. The molecule has 1 aliphatic carbocycles. The van der Waals surface area contributed by atoms with Crippen LogP contribution in [0.5, 0.6) is 0 Å². The molecular formula is C15H20ClNO3S. The predicted molar refractivity (Wildman–Crippen MR) is 83.1 cm³/mol. The monoisotopic (exact) mass is 329 g/mol. The van der Waals surface area contributed by atoms with Crippen molar-refractivity contribution < 1.29 is 13.2 Å². The largest absolute Gasteiger partial charge is 0.352 e. The van der Waals surface area contributed by atoms with Crippen LogP contribution in [0, 0.1) is 0 Å². The van der Waals surface area contributed by atoms with Crippen LogP contribution < -0.4 is 5.32 Å². The molecule has 21 heavy (non-hydrogen) atoms. The molecule has 1 amide bonds. The van der Waals surface area contributed by atoms with Crippen LogP contribution >= 0.6 is 11.6 Å². The summed E-state index contributed by atoms with van der Waals surface area (Å²) in [5.41, 5.74) is 0. The van der Waals surface area contributed by atoms with Crippen LogP contribution in [0.2, 0.25) is 5.02 Å². The van der Waals surface area contributed by atoms with Gasteiger partial charge in [-0.2, -0.15) is 0 Å². The predicted octanol–water partition coefficient (Wildman–Crippen LogP) is 2.95. The summed E-state index contributed by atoms with van der Waals surface area (Å²) in [7, 11) is -3.61. The van der Waals surface area contributed by atoms with Gasteiger partial charge in [0, 0.05) is 11.1 Å². The first-order chi connectivity index (χ1) is 9.97. The standard InChI is InChI=1S/C15H20ClNO3S/c16-12-7-9-14(10-8-12)21(19,20)11-15(18)17-13-5-3-1-2-4-6-13/h7-10,13H,1-6,11H2,(H,17,18). The molecule has 0 radical (unpaired) electrons. The Bertz CT molecular complexity index is 575. The molecule has 1 aliphatic rings. The molecule has 6 heteroatoms. The summed E-state index contributed by atoms with van der Waals surface area (Å²) in [5, 5.41) is 3.32. The van der Waals surface area contributed by atoms with Crippen molar-refractivity contribution in [3.05, 3.63) is 29.3 Å². The summed E-state index contributed by atoms with van der Waals surface area (Å²) in [5.74, 6) is -0.928. The molecule has 0 unspecified atom stereocenters. The first-order valence-electron chi connectivity index (χ1n) is 7.25. The molecular weight excluding hydrogens is 310 g/mol. The number of sulfone groups is 1. The fraction of sp³-hybridized carbons (Fsp3) is 0.533. The van der Waals surface area contributed by atoms with E-state index in [1.165, 1.54) is 37.1 Å². The maximum Gasteiger partial charge on any atom is 0.235 e. The Labute approximate surface area is 130 Å². The molecule has 0 bridgehead atoms. The molecule has 116 valence electrons. The summed E-state index contributed by atoms with van der Waals surface area (Å²) in [6, 6.07) is 5.99. The Hall–Kier alpha value is -1.07. The second-order valence-corrected chi connectivity index (χ2v) is 7.90. The maximum absolute atomic E-state index is 12.2. The molecule has 1 saturated carbocycles. The first-order valence-corrected chi connectivity index (χ1v) is 9.28. The molecule has 0 saturated heterocycles. The number of carbonyl (C=O) groups is 1. The van der Waals surface area contributed by atoms with Crippen molar-refractivity contribution in [1.29, 1.82) is 0 Å². The second kappa shape index (κ2) is 7.27. The molecule has 0 atom stereocenters. The molecule has 4 nitrogen and oxygen atoms in total. The average Bonchev–Trinajstić information content (AvgIpc) is 2.67. The van der Waals surface area contributed by atoms with Gasteiger partial charge in [-0.1, -0.05) is 37.3 Å². The Morgan fingerprint density at radius 2 is 1.67 bits per heavy atom. The highest BCUT2D eigenvalue weighted by atomic mass is 35.5. The zero-order chi connectivity index (χ0) is 15.3. The first kappa shape index (κ1) is 16.3. The molecule has 2 rings (SSSR count). The SMILES string of the molecule is O=C(CS(=O)(=O)c1ccc(Cl)cc1)NC1CCCCCC1. The average molecular weight is 330 g/mol. The number of halogens is 1. The van der Waals surface area contributed by atoms with Crippen molar-refractivity contribution in [2.45, 2.75) is 49.5 Å². The van der Waals surface area contributed by atoms with E-state index in [0.717, 1.165) is 25.7 Å². The van der Waals surface area contributed by atoms with Gasteiger partial charge in [0.25, 0.3) is 0 Å². The van der Waals surface area contributed by atoms with Crippen molar-refractivity contribution in [2.75, 3.05) is 5.75 Å². The summed E-state index contributed by atoms with van der Waals surface area (Å²) in [6.45, 7) is 0. The van der Waals surface area contributed by atoms with Gasteiger partial charge in [-0.05, 0) is 37.1 Å². The Morgan fingerprint density at radius 3 is 2.24 bits per heavy atom. The lowest BCUT2D eigenvalue weighted by atomic mass is 10.1. The van der Waals surface area contributed by atoms with Crippen LogP contribution in [-0.2, 0) is 14.6 Å². The van der Waals surface area contributed by atoms with Gasteiger partial charge in [-0.25, -0.2) is 8.42 Å². The lowest BCUT2D eigenvalue weighted by Crippen LogP contribution is -2.38. The van der Waals surface area contributed by atoms with E-state index in [1.807, 2.05) is 0 Å². The second-order valence-electron chi connectivity index (χ2n) is 5.47. The minimum atomic E-state index is -3.61. The zero-order valence-corrected chi connectivity index (χ0v) is 13.4. The molecule has 1 aromatic rings. The summed E-state index contributed by atoms with van der Waals surface area (Å²) >= 11 is 5.74. The molecule has 0 heterocycles. The fourth-order valence-corrected chi connectivity index (χ4v) is 3.86. The minimum absolute atomic E-state index is 0.111. The van der Waals surface area contributed by atoms with Gasteiger partial charge in [-0.3, -0.25) is 4.79 Å². The quantitative estimate of drug-likeness (QED) is 0.864. The highest BCUT2D eigenvalue weighted by Gasteiger charge is 2.22. The van der Waals surface area contributed by atoms with E-state index in [9.17, 15) is 13.2 Å². The smallest absolute Gasteiger partial charge is 0.235 e. The Kier molecular flexibility index (Phi) is 5.65. The Morgan fingerprint density at radius 1 is 1.10 bits per heavy atom. The number of amides is 1. The van der Waals surface area contributed by atoms with Crippen molar-refractivity contribution in [3.8, 4) is 0 Å². The van der Waals surface area contributed by atoms with E-state index in [2.05, 4.69) is 5.32 Å². The van der Waals surface area contributed by atoms with Crippen LogP contribution in [0.25, 0.3) is 0 Å². The van der Waals surface area contributed by atoms with Crippen LogP contribution in [0.4, 0.5) is 0 Å². The number of benzene rings is 1. The minimum Gasteiger partial charge on any atom is -0.352 e. The van der Waals surface area contributed by atoms with E-state index >= 15 is 0 Å². The zero-order valence-electron chi connectivity index (χ0n) is 11.8. The third kappa shape index (κ3) is 5.00. The lowest BCUT2D eigenvalue weighted by Gasteiger charge is -2.16. The van der Waals surface area contributed by atoms with E-state index < -0.39 is 21.5 Å². The lowest BCUT2D eigenvalue weighted by molar-refractivity contribution is -0.119. The molecule has 0 aromatic heterocycles. The van der Waals surface area contributed by atoms with Gasteiger partial charge in [0.1, 0.15) is 5.75 Å². The van der Waals surface area contributed by atoms with Gasteiger partial charge in [-0.15, -0.1) is 0 Å². The van der Waals surface area contributed by atoms with Crippen molar-refractivity contribution in [1.82, 2.24) is 5.32 Å². The van der Waals surface area contributed by atoms with E-state index in [1.54, 1.807) is 0 Å². The normalized spacial score (nSPS) is 17.2. The number of hydrogen-bond donors (Lipinski definition) is 1. The Balaban J connectivity index is 1.96. The topological polar surface area (TPSA) is 63.2 Å². The van der Waals surface area contributed by atoms with E-state index in [-0.39, 0.29) is 10.9 Å². The number of hydrogen-bond acceptors (Lipinski definition) is 3. The van der Waals surface area contributed by atoms with Crippen LogP contribution in [0.1, 0.15) is 38.5 Å². The van der Waals surface area contributed by atoms with Crippen LogP contribution in [0.15, 0.2) is 29.2 Å². The third-order valence-corrected chi connectivity index (χ3v) is 5.60. The van der Waals surface area contributed by atoms with Gasteiger partial charge in [0.15, 0.2) is 9.84 Å². The number of nitrogens with one attached hydrogen (secondary N) is 1. The molecule has 0 spiro atoms. The maximum atomic E-state index is 12.2. The van der Waals surface area contributed by atoms with Crippen molar-refractivity contribution in [3.63, 3.8) is 0 Å². The summed E-state index contributed by atoms with van der Waals surface area (Å²) in [4.78, 5) is 12.1. The van der Waals surface area contributed by atoms with E-state index in [4.69, 9.17) is 11.6 Å². The summed E-state index contributed by atoms with van der Waals surface area (Å²) < 4.78 is 24.3. The van der Waals surface area contributed by atoms with Gasteiger partial charge < -0.3 is 5.32 Å². The third-order valence-electron chi connectivity index (χ3n) is 3.71. The molecule has 1 aromatic carbocycles. The highest BCUT2D eigenvalue weighted by molar-refractivity contribution is 7.92. The highest BCUT2D eigenvalue weighted by Crippen LogP contribution is 2.18. The van der Waals surface area contributed by atoms with E-state index in [0.29, 0.717) is 5.02 Å². The van der Waals surface area contributed by atoms with Crippen LogP contribution in [0.3, 0.4) is 0 Å². The molecule has 1 N–H and O–H groups in total. The van der Waals surface area contributed by atoms with Crippen molar-refractivity contribution >= 4 is 27.3 Å².